The summed E-state index contributed by atoms with van der Waals surface area (Å²) in [6, 6.07) is 36.2. The summed E-state index contributed by atoms with van der Waals surface area (Å²) >= 11 is 12.9. The Labute approximate surface area is 228 Å². The highest BCUT2D eigenvalue weighted by atomic mass is 35.5. The monoisotopic (exact) mass is 529 g/mol. The Balaban J connectivity index is 1.32. The summed E-state index contributed by atoms with van der Waals surface area (Å²) in [7, 11) is 0. The lowest BCUT2D eigenvalue weighted by molar-refractivity contribution is -0.131. The fraction of sp³-hybridized carbons (Fsp3) is 0.194. The second-order valence-electron chi connectivity index (χ2n) is 9.15. The van der Waals surface area contributed by atoms with Gasteiger partial charge in [0.25, 0.3) is 0 Å². The Kier molecular flexibility index (Phi) is 8.10. The van der Waals surface area contributed by atoms with Gasteiger partial charge in [-0.2, -0.15) is 0 Å². The van der Waals surface area contributed by atoms with Crippen LogP contribution in [0, 0.1) is 0 Å². The summed E-state index contributed by atoms with van der Waals surface area (Å²) < 4.78 is 0. The van der Waals surface area contributed by atoms with Crippen LogP contribution in [-0.2, 0) is 4.79 Å². The molecule has 0 bridgehead atoms. The molecule has 1 saturated heterocycles. The van der Waals surface area contributed by atoms with Crippen molar-refractivity contribution < 1.29 is 4.79 Å². The van der Waals surface area contributed by atoms with E-state index in [-0.39, 0.29) is 11.9 Å². The molecule has 1 aliphatic rings. The zero-order valence-electron chi connectivity index (χ0n) is 20.5. The molecule has 0 radical (unpaired) electrons. The van der Waals surface area contributed by atoms with Crippen LogP contribution in [0.4, 0.5) is 11.4 Å². The summed E-state index contributed by atoms with van der Waals surface area (Å²) in [6.07, 6.45) is 0. The Morgan fingerprint density at radius 3 is 1.81 bits per heavy atom. The van der Waals surface area contributed by atoms with Crippen molar-refractivity contribution in [1.29, 1.82) is 0 Å². The highest BCUT2D eigenvalue weighted by Crippen LogP contribution is 2.35. The Bertz CT molecular complexity index is 1270. The Hall–Kier alpha value is -3.31. The van der Waals surface area contributed by atoms with E-state index in [1.54, 1.807) is 6.07 Å². The molecule has 188 valence electrons. The SMILES string of the molecule is O=C(CN(c1ccccc1)c1ccccc1)N1CCN(C(c2ccccc2)c2ccc(Cl)cc2Cl)CC1. The molecule has 1 atom stereocenters. The van der Waals surface area contributed by atoms with Gasteiger partial charge in [0.1, 0.15) is 6.54 Å². The number of nitrogens with zero attached hydrogens (tertiary/aromatic N) is 3. The predicted octanol–water partition coefficient (Wildman–Crippen LogP) is 7.07. The first-order valence-electron chi connectivity index (χ1n) is 12.5. The van der Waals surface area contributed by atoms with E-state index < -0.39 is 0 Å². The largest absolute Gasteiger partial charge is 0.339 e. The molecule has 37 heavy (non-hydrogen) atoms. The standard InChI is InChI=1S/C31H29Cl2N3O/c32-25-16-17-28(29(33)22-25)31(24-10-4-1-5-11-24)35-20-18-34(19-21-35)30(37)23-36(26-12-6-2-7-13-26)27-14-8-3-9-15-27/h1-17,22,31H,18-21,23H2. The maximum Gasteiger partial charge on any atom is 0.242 e. The molecule has 4 nitrogen and oxygen atoms in total. The number of halogens is 2. The van der Waals surface area contributed by atoms with E-state index in [4.69, 9.17) is 23.2 Å². The van der Waals surface area contributed by atoms with E-state index in [9.17, 15) is 4.79 Å². The summed E-state index contributed by atoms with van der Waals surface area (Å²) in [5.41, 5.74) is 4.20. The Morgan fingerprint density at radius 1 is 0.730 bits per heavy atom. The van der Waals surface area contributed by atoms with Crippen molar-refractivity contribution in [2.24, 2.45) is 0 Å². The van der Waals surface area contributed by atoms with E-state index in [2.05, 4.69) is 21.9 Å². The van der Waals surface area contributed by atoms with Crippen molar-refractivity contribution in [3.05, 3.63) is 130 Å². The van der Waals surface area contributed by atoms with Gasteiger partial charge in [-0.1, -0.05) is 96.0 Å². The van der Waals surface area contributed by atoms with Crippen molar-refractivity contribution >= 4 is 40.5 Å². The van der Waals surface area contributed by atoms with Gasteiger partial charge in [-0.25, -0.2) is 0 Å². The third-order valence-electron chi connectivity index (χ3n) is 6.83. The van der Waals surface area contributed by atoms with Crippen molar-refractivity contribution in [2.45, 2.75) is 6.04 Å². The minimum Gasteiger partial charge on any atom is -0.339 e. The molecule has 1 unspecified atom stereocenters. The number of rotatable bonds is 7. The molecule has 1 aliphatic heterocycles. The van der Waals surface area contributed by atoms with Crippen LogP contribution in [0.1, 0.15) is 17.2 Å². The third-order valence-corrected chi connectivity index (χ3v) is 7.40. The zero-order valence-corrected chi connectivity index (χ0v) is 22.0. The second kappa shape index (κ2) is 11.8. The smallest absolute Gasteiger partial charge is 0.242 e. The summed E-state index contributed by atoms with van der Waals surface area (Å²) in [6.45, 7) is 3.11. The van der Waals surface area contributed by atoms with E-state index in [0.717, 1.165) is 30.0 Å². The number of hydrogen-bond acceptors (Lipinski definition) is 3. The lowest BCUT2D eigenvalue weighted by Gasteiger charge is -2.40. The van der Waals surface area contributed by atoms with Crippen LogP contribution in [0.5, 0.6) is 0 Å². The van der Waals surface area contributed by atoms with Gasteiger partial charge in [-0.05, 0) is 47.5 Å². The number of benzene rings is 4. The van der Waals surface area contributed by atoms with Crippen molar-refractivity contribution in [3.63, 3.8) is 0 Å². The molecule has 1 amide bonds. The van der Waals surface area contributed by atoms with Crippen molar-refractivity contribution in [1.82, 2.24) is 9.80 Å². The molecule has 0 aromatic heterocycles. The molecule has 4 aromatic carbocycles. The van der Waals surface area contributed by atoms with Gasteiger partial charge in [0.05, 0.1) is 6.04 Å². The molecular weight excluding hydrogens is 501 g/mol. The average Bonchev–Trinajstić information content (AvgIpc) is 2.95. The quantitative estimate of drug-likeness (QED) is 0.256. The van der Waals surface area contributed by atoms with E-state index in [1.165, 1.54) is 5.56 Å². The minimum atomic E-state index is -0.00615. The number of piperazine rings is 1. The summed E-state index contributed by atoms with van der Waals surface area (Å²) in [5, 5.41) is 1.28. The number of carbonyl (C=O) groups excluding carboxylic acids is 1. The molecule has 0 aliphatic carbocycles. The normalized spacial score (nSPS) is 14.8. The fourth-order valence-corrected chi connectivity index (χ4v) is 5.47. The fourth-order valence-electron chi connectivity index (χ4n) is 4.96. The first-order chi connectivity index (χ1) is 18.1. The predicted molar refractivity (Wildman–Crippen MR) is 153 cm³/mol. The maximum absolute atomic E-state index is 13.5. The molecule has 6 heteroatoms. The van der Waals surface area contributed by atoms with Gasteiger partial charge in [-0.3, -0.25) is 9.69 Å². The van der Waals surface area contributed by atoms with Crippen LogP contribution in [0.15, 0.2) is 109 Å². The number of para-hydroxylation sites is 2. The Morgan fingerprint density at radius 2 is 1.27 bits per heavy atom. The van der Waals surface area contributed by atoms with Crippen LogP contribution >= 0.6 is 23.2 Å². The topological polar surface area (TPSA) is 26.8 Å². The summed E-state index contributed by atoms with van der Waals surface area (Å²) in [4.78, 5) is 19.9. The second-order valence-corrected chi connectivity index (χ2v) is 10.00. The molecular formula is C31H29Cl2N3O. The zero-order chi connectivity index (χ0) is 25.6. The van der Waals surface area contributed by atoms with Gasteiger partial charge >= 0.3 is 0 Å². The molecule has 1 heterocycles. The number of amides is 1. The van der Waals surface area contributed by atoms with Crippen LogP contribution in [0.25, 0.3) is 0 Å². The molecule has 4 aromatic rings. The van der Waals surface area contributed by atoms with Crippen molar-refractivity contribution in [2.75, 3.05) is 37.6 Å². The van der Waals surface area contributed by atoms with Gasteiger partial charge in [0.2, 0.25) is 5.91 Å². The van der Waals surface area contributed by atoms with Crippen LogP contribution in [-0.4, -0.2) is 48.4 Å². The highest BCUT2D eigenvalue weighted by Gasteiger charge is 2.30. The number of carbonyl (C=O) groups is 1. The maximum atomic E-state index is 13.5. The van der Waals surface area contributed by atoms with E-state index >= 15 is 0 Å². The average molecular weight is 530 g/mol. The lowest BCUT2D eigenvalue weighted by atomic mass is 9.96. The first kappa shape index (κ1) is 25.3. The number of hydrogen-bond donors (Lipinski definition) is 0. The van der Waals surface area contributed by atoms with Crippen molar-refractivity contribution in [3.8, 4) is 0 Å². The van der Waals surface area contributed by atoms with Crippen LogP contribution in [0.2, 0.25) is 10.0 Å². The minimum absolute atomic E-state index is 0.00615. The highest BCUT2D eigenvalue weighted by molar-refractivity contribution is 6.35. The molecule has 1 fully saturated rings. The lowest BCUT2D eigenvalue weighted by Crippen LogP contribution is -2.51. The first-order valence-corrected chi connectivity index (χ1v) is 13.2. The molecule has 0 saturated carbocycles. The third kappa shape index (κ3) is 5.99. The molecule has 0 spiro atoms. The van der Waals surface area contributed by atoms with E-state index in [1.807, 2.05) is 95.9 Å². The molecule has 5 rings (SSSR count). The molecule has 0 N–H and O–H groups in total. The van der Waals surface area contributed by atoms with Gasteiger partial charge in [-0.15, -0.1) is 0 Å². The van der Waals surface area contributed by atoms with Gasteiger partial charge < -0.3 is 9.80 Å². The summed E-state index contributed by atoms with van der Waals surface area (Å²) in [5.74, 6) is 0.119. The van der Waals surface area contributed by atoms with Gasteiger partial charge in [0, 0.05) is 47.6 Å². The van der Waals surface area contributed by atoms with Gasteiger partial charge in [0.15, 0.2) is 0 Å². The van der Waals surface area contributed by atoms with Crippen LogP contribution < -0.4 is 4.90 Å². The number of anilines is 2. The van der Waals surface area contributed by atoms with E-state index in [0.29, 0.717) is 29.7 Å². The van der Waals surface area contributed by atoms with Crippen LogP contribution in [0.3, 0.4) is 0 Å².